The highest BCUT2D eigenvalue weighted by molar-refractivity contribution is 6.26. The molecule has 0 spiro atoms. The van der Waals surface area contributed by atoms with Gasteiger partial charge in [-0.1, -0.05) is 115 Å². The van der Waals surface area contributed by atoms with E-state index in [1.165, 1.54) is 21.5 Å². The third-order valence-electron chi connectivity index (χ3n) is 9.36. The van der Waals surface area contributed by atoms with Crippen LogP contribution in [-0.2, 0) is 0 Å². The van der Waals surface area contributed by atoms with Crippen LogP contribution < -0.4 is 0 Å². The Morgan fingerprint density at radius 1 is 0.438 bits per heavy atom. The number of hydrogen-bond acceptors (Lipinski definition) is 0. The summed E-state index contributed by atoms with van der Waals surface area (Å²) < 4.78 is 4.78. The summed E-state index contributed by atoms with van der Waals surface area (Å²) in [7, 11) is 0. The number of aromatic nitrogens is 2. The molecule has 2 aromatic heterocycles. The first-order valence-corrected chi connectivity index (χ1v) is 15.9. The second kappa shape index (κ2) is 10.9. The molecule has 0 amide bonds. The van der Waals surface area contributed by atoms with E-state index in [1.54, 1.807) is 18.2 Å². The summed E-state index contributed by atoms with van der Waals surface area (Å²) in [4.78, 5) is 7.60. The van der Waals surface area contributed by atoms with Gasteiger partial charge in [-0.05, 0) is 59.2 Å². The average molecular weight is 611 g/mol. The summed E-state index contributed by atoms with van der Waals surface area (Å²) in [6, 6.07) is 54.5. The van der Waals surface area contributed by atoms with E-state index in [0.29, 0.717) is 16.9 Å². The van der Waals surface area contributed by atoms with Crippen molar-refractivity contribution in [1.82, 2.24) is 9.13 Å². The normalized spacial score (nSPS) is 11.3. The number of para-hydroxylation sites is 3. The fourth-order valence-electron chi connectivity index (χ4n) is 7.36. The maximum atomic E-state index is 7.88. The van der Waals surface area contributed by atoms with Gasteiger partial charge in [0.25, 0.3) is 0 Å². The van der Waals surface area contributed by atoms with Crippen molar-refractivity contribution in [3.63, 3.8) is 0 Å². The fraction of sp³-hybridized carbons (Fsp3) is 0. The maximum absolute atomic E-state index is 7.88. The zero-order chi connectivity index (χ0) is 32.2. The van der Waals surface area contributed by atoms with Gasteiger partial charge in [-0.15, -0.1) is 0 Å². The Morgan fingerprint density at radius 2 is 1.06 bits per heavy atom. The van der Waals surface area contributed by atoms with Crippen LogP contribution in [0.25, 0.3) is 86.9 Å². The van der Waals surface area contributed by atoms with Crippen LogP contribution in [0.5, 0.6) is 0 Å². The molecule has 0 aliphatic heterocycles. The number of nitrogens with zero attached hydrogens (tertiary/aromatic N) is 4. The summed E-state index contributed by atoms with van der Waals surface area (Å²) in [5.74, 6) is 0. The molecule has 0 saturated carbocycles. The smallest absolute Gasteiger partial charge is 0.184 e. The molecule has 48 heavy (non-hydrogen) atoms. The lowest BCUT2D eigenvalue weighted by atomic mass is 9.95. The highest BCUT2D eigenvalue weighted by Gasteiger charge is 2.23. The molecule has 0 aliphatic rings. The summed E-state index contributed by atoms with van der Waals surface area (Å²) >= 11 is 0. The second-order valence-corrected chi connectivity index (χ2v) is 11.9. The van der Waals surface area contributed by atoms with E-state index in [1.807, 2.05) is 6.07 Å². The minimum atomic E-state index is 0.475. The van der Waals surface area contributed by atoms with Crippen molar-refractivity contribution in [3.05, 3.63) is 181 Å². The second-order valence-electron chi connectivity index (χ2n) is 11.9. The molecular weight excluding hydrogens is 585 g/mol. The molecule has 4 nitrogen and oxygen atoms in total. The van der Waals surface area contributed by atoms with Crippen LogP contribution in [0.1, 0.15) is 0 Å². The number of benzene rings is 7. The molecule has 0 bridgehead atoms. The van der Waals surface area contributed by atoms with E-state index < -0.39 is 0 Å². The molecule has 4 heteroatoms. The molecule has 0 saturated heterocycles. The van der Waals surface area contributed by atoms with Gasteiger partial charge in [0.2, 0.25) is 0 Å². The van der Waals surface area contributed by atoms with Gasteiger partial charge in [0, 0.05) is 32.8 Å². The van der Waals surface area contributed by atoms with Gasteiger partial charge in [-0.2, -0.15) is 0 Å². The largest absolute Gasteiger partial charge is 0.309 e. The van der Waals surface area contributed by atoms with Crippen molar-refractivity contribution >= 4 is 55.0 Å². The standard InChI is InChI=1S/C44H26N4/c1-45-36-20-13-21-37(46-2)42(36)30-24-26-40(35(28-30)29-14-5-3-6-15-29)48-38-22-11-9-18-32(38)33-25-27-41-43(44(33)48)34-19-10-12-23-39(34)47(41)31-16-7-4-8-17-31/h3-28H. The first kappa shape index (κ1) is 27.4. The van der Waals surface area contributed by atoms with E-state index in [2.05, 4.69) is 152 Å². The predicted octanol–water partition coefficient (Wildman–Crippen LogP) is 12.3. The Kier molecular flexibility index (Phi) is 6.22. The first-order valence-electron chi connectivity index (χ1n) is 15.9. The van der Waals surface area contributed by atoms with Gasteiger partial charge in [0.15, 0.2) is 11.4 Å². The van der Waals surface area contributed by atoms with Crippen molar-refractivity contribution in [3.8, 4) is 33.6 Å². The number of hydrogen-bond donors (Lipinski definition) is 0. The Balaban J connectivity index is 1.45. The molecule has 0 N–H and O–H groups in total. The Morgan fingerprint density at radius 3 is 1.77 bits per heavy atom. The topological polar surface area (TPSA) is 18.6 Å². The van der Waals surface area contributed by atoms with Crippen molar-refractivity contribution < 1.29 is 0 Å². The molecular formula is C44H26N4. The minimum Gasteiger partial charge on any atom is -0.309 e. The molecule has 0 aliphatic carbocycles. The van der Waals surface area contributed by atoms with Crippen LogP contribution in [-0.4, -0.2) is 9.13 Å². The van der Waals surface area contributed by atoms with Gasteiger partial charge in [0.1, 0.15) is 0 Å². The quantitative estimate of drug-likeness (QED) is 0.177. The Hall–Kier alpha value is -6.88. The molecule has 7 aromatic carbocycles. The average Bonchev–Trinajstić information content (AvgIpc) is 3.68. The van der Waals surface area contributed by atoms with Gasteiger partial charge >= 0.3 is 0 Å². The monoisotopic (exact) mass is 610 g/mol. The van der Waals surface area contributed by atoms with Gasteiger partial charge in [0.05, 0.1) is 40.9 Å². The van der Waals surface area contributed by atoms with Crippen LogP contribution in [0.4, 0.5) is 11.4 Å². The van der Waals surface area contributed by atoms with Crippen molar-refractivity contribution in [2.24, 2.45) is 0 Å². The Bertz CT molecular complexity index is 2760. The van der Waals surface area contributed by atoms with Crippen molar-refractivity contribution in [1.29, 1.82) is 0 Å². The highest BCUT2D eigenvalue weighted by Crippen LogP contribution is 2.45. The van der Waals surface area contributed by atoms with Crippen LogP contribution >= 0.6 is 0 Å². The first-order chi connectivity index (χ1) is 23.8. The predicted molar refractivity (Wildman–Crippen MR) is 199 cm³/mol. The summed E-state index contributed by atoms with van der Waals surface area (Å²) in [5.41, 5.74) is 11.3. The van der Waals surface area contributed by atoms with E-state index in [9.17, 15) is 0 Å². The molecule has 0 radical (unpaired) electrons. The van der Waals surface area contributed by atoms with E-state index in [-0.39, 0.29) is 0 Å². The molecule has 2 heterocycles. The highest BCUT2D eigenvalue weighted by atomic mass is 15.0. The van der Waals surface area contributed by atoms with Crippen LogP contribution in [0, 0.1) is 13.1 Å². The van der Waals surface area contributed by atoms with Crippen LogP contribution in [0.15, 0.2) is 158 Å². The van der Waals surface area contributed by atoms with Crippen LogP contribution in [0.2, 0.25) is 0 Å². The van der Waals surface area contributed by atoms with Crippen molar-refractivity contribution in [2.75, 3.05) is 0 Å². The maximum Gasteiger partial charge on any atom is 0.184 e. The minimum absolute atomic E-state index is 0.475. The van der Waals surface area contributed by atoms with Crippen molar-refractivity contribution in [2.45, 2.75) is 0 Å². The lowest BCUT2D eigenvalue weighted by Crippen LogP contribution is -1.99. The molecule has 9 aromatic rings. The van der Waals surface area contributed by atoms with Gasteiger partial charge in [-0.3, -0.25) is 0 Å². The zero-order valence-electron chi connectivity index (χ0n) is 25.8. The lowest BCUT2D eigenvalue weighted by Gasteiger charge is -2.17. The summed E-state index contributed by atoms with van der Waals surface area (Å²) in [6.07, 6.45) is 0. The lowest BCUT2D eigenvalue weighted by molar-refractivity contribution is 1.17. The Labute approximate surface area is 277 Å². The molecule has 0 atom stereocenters. The van der Waals surface area contributed by atoms with E-state index >= 15 is 0 Å². The SMILES string of the molecule is [C-]#[N+]c1cccc([N+]#[C-])c1-c1ccc(-n2c3ccccc3c3ccc4c(c5ccccc5n4-c4ccccc4)c32)c(-c2ccccc2)c1. The third-order valence-corrected chi connectivity index (χ3v) is 9.36. The summed E-state index contributed by atoms with van der Waals surface area (Å²) in [6.45, 7) is 15.8. The molecule has 9 rings (SSSR count). The summed E-state index contributed by atoms with van der Waals surface area (Å²) in [5, 5.41) is 4.75. The number of fused-ring (bicyclic) bond motifs is 7. The van der Waals surface area contributed by atoms with Gasteiger partial charge < -0.3 is 9.13 Å². The van der Waals surface area contributed by atoms with Gasteiger partial charge in [-0.25, -0.2) is 9.69 Å². The molecule has 222 valence electrons. The van der Waals surface area contributed by atoms with Crippen LogP contribution in [0.3, 0.4) is 0 Å². The molecule has 0 unspecified atom stereocenters. The zero-order valence-corrected chi connectivity index (χ0v) is 25.8. The number of rotatable bonds is 4. The fourth-order valence-corrected chi connectivity index (χ4v) is 7.36. The van der Waals surface area contributed by atoms with E-state index in [4.69, 9.17) is 13.1 Å². The molecule has 0 fully saturated rings. The van der Waals surface area contributed by atoms with E-state index in [0.717, 1.165) is 50.1 Å². The third kappa shape index (κ3) is 4.01.